The number of carboxylic acids is 1. The molecule has 8 heteroatoms. The Morgan fingerprint density at radius 3 is 2.41 bits per heavy atom. The highest BCUT2D eigenvalue weighted by molar-refractivity contribution is 5.81. The lowest BCUT2D eigenvalue weighted by atomic mass is 10.2. The molecule has 0 bridgehead atoms. The first kappa shape index (κ1) is 20.5. The van der Waals surface area contributed by atoms with Gasteiger partial charge in [0.2, 0.25) is 0 Å². The van der Waals surface area contributed by atoms with Gasteiger partial charge in [0.1, 0.15) is 5.75 Å². The fraction of sp³-hybridized carbons (Fsp3) is 0.526. The lowest BCUT2D eigenvalue weighted by Gasteiger charge is -2.35. The number of urea groups is 1. The van der Waals surface area contributed by atoms with Crippen molar-refractivity contribution in [3.63, 3.8) is 0 Å². The number of carbonyl (C=O) groups excluding carboxylic acids is 2. The molecular weight excluding hydrogens is 350 g/mol. The third kappa shape index (κ3) is 6.16. The number of benzene rings is 1. The number of rotatable bonds is 7. The van der Waals surface area contributed by atoms with E-state index in [0.717, 1.165) is 5.56 Å². The number of piperazine rings is 1. The third-order valence-electron chi connectivity index (χ3n) is 4.47. The molecule has 0 saturated carbocycles. The fourth-order valence-corrected chi connectivity index (χ4v) is 2.86. The van der Waals surface area contributed by atoms with Crippen LogP contribution in [0, 0.1) is 6.92 Å². The maximum absolute atomic E-state index is 12.6. The topological polar surface area (TPSA) is 99.2 Å². The van der Waals surface area contributed by atoms with E-state index in [4.69, 9.17) is 9.84 Å². The van der Waals surface area contributed by atoms with E-state index in [9.17, 15) is 14.4 Å². The molecule has 1 saturated heterocycles. The van der Waals surface area contributed by atoms with Crippen molar-refractivity contribution < 1.29 is 24.2 Å². The molecule has 1 aromatic rings. The number of aryl methyl sites for hydroxylation is 1. The Balaban J connectivity index is 1.75. The monoisotopic (exact) mass is 377 g/mol. The molecule has 148 valence electrons. The van der Waals surface area contributed by atoms with Crippen LogP contribution in [-0.4, -0.2) is 71.6 Å². The van der Waals surface area contributed by atoms with Crippen LogP contribution in [0.5, 0.6) is 5.75 Å². The van der Waals surface area contributed by atoms with Crippen LogP contribution in [0.1, 0.15) is 25.3 Å². The number of carboxylic acid groups (broad SMARTS) is 1. The van der Waals surface area contributed by atoms with Crippen molar-refractivity contribution in [3.05, 3.63) is 29.8 Å². The number of para-hydroxylation sites is 1. The summed E-state index contributed by atoms with van der Waals surface area (Å²) in [5.74, 6) is -0.282. The molecule has 3 amide bonds. The van der Waals surface area contributed by atoms with Crippen LogP contribution in [0.3, 0.4) is 0 Å². The van der Waals surface area contributed by atoms with Crippen molar-refractivity contribution in [2.24, 2.45) is 0 Å². The lowest BCUT2D eigenvalue weighted by molar-refractivity contribution is -0.139. The molecule has 8 nitrogen and oxygen atoms in total. The number of amides is 3. The number of ether oxygens (including phenoxy) is 1. The van der Waals surface area contributed by atoms with Gasteiger partial charge in [0.25, 0.3) is 5.91 Å². The van der Waals surface area contributed by atoms with E-state index in [0.29, 0.717) is 44.9 Å². The smallest absolute Gasteiger partial charge is 0.317 e. The third-order valence-corrected chi connectivity index (χ3v) is 4.47. The average molecular weight is 377 g/mol. The minimum atomic E-state index is -0.876. The predicted molar refractivity (Wildman–Crippen MR) is 99.7 cm³/mol. The molecule has 1 atom stereocenters. The fourth-order valence-electron chi connectivity index (χ4n) is 2.86. The highest BCUT2D eigenvalue weighted by atomic mass is 16.5. The first-order valence-electron chi connectivity index (χ1n) is 9.14. The molecule has 0 aromatic heterocycles. The normalized spacial score (nSPS) is 15.2. The van der Waals surface area contributed by atoms with Gasteiger partial charge in [-0.05, 0) is 31.9 Å². The summed E-state index contributed by atoms with van der Waals surface area (Å²) in [6.07, 6.45) is -0.170. The number of nitrogens with one attached hydrogen (secondary N) is 1. The van der Waals surface area contributed by atoms with E-state index >= 15 is 0 Å². The zero-order valence-corrected chi connectivity index (χ0v) is 15.8. The molecular formula is C19H27N3O5. The molecule has 1 fully saturated rings. The zero-order chi connectivity index (χ0) is 19.8. The maximum atomic E-state index is 12.6. The van der Waals surface area contributed by atoms with Gasteiger partial charge in [-0.1, -0.05) is 18.2 Å². The Morgan fingerprint density at radius 1 is 1.15 bits per heavy atom. The molecule has 0 spiro atoms. The first-order valence-corrected chi connectivity index (χ1v) is 9.14. The summed E-state index contributed by atoms with van der Waals surface area (Å²) in [6, 6.07) is 7.33. The summed E-state index contributed by atoms with van der Waals surface area (Å²) < 4.78 is 5.79. The summed E-state index contributed by atoms with van der Waals surface area (Å²) in [7, 11) is 0. The molecule has 2 N–H and O–H groups in total. The second kappa shape index (κ2) is 9.80. The van der Waals surface area contributed by atoms with E-state index in [1.807, 2.05) is 31.2 Å². The first-order chi connectivity index (χ1) is 12.9. The van der Waals surface area contributed by atoms with Gasteiger partial charge in [-0.25, -0.2) is 4.79 Å². The van der Waals surface area contributed by atoms with E-state index in [1.165, 1.54) is 0 Å². The van der Waals surface area contributed by atoms with Gasteiger partial charge in [-0.15, -0.1) is 0 Å². The summed E-state index contributed by atoms with van der Waals surface area (Å²) in [5, 5.41) is 11.3. The van der Waals surface area contributed by atoms with Crippen LogP contribution in [0.4, 0.5) is 4.79 Å². The molecule has 27 heavy (non-hydrogen) atoms. The van der Waals surface area contributed by atoms with Crippen molar-refractivity contribution in [2.45, 2.75) is 32.8 Å². The van der Waals surface area contributed by atoms with Crippen molar-refractivity contribution in [1.82, 2.24) is 15.1 Å². The number of hydrogen-bond acceptors (Lipinski definition) is 4. The molecule has 1 aromatic carbocycles. The Kier molecular flexibility index (Phi) is 7.45. The van der Waals surface area contributed by atoms with Crippen LogP contribution in [-0.2, 0) is 9.59 Å². The quantitative estimate of drug-likeness (QED) is 0.701. The number of carbonyl (C=O) groups is 3. The molecule has 1 aliphatic heterocycles. The van der Waals surface area contributed by atoms with E-state index in [1.54, 1.807) is 16.7 Å². The highest BCUT2D eigenvalue weighted by Crippen LogP contribution is 2.18. The summed E-state index contributed by atoms with van der Waals surface area (Å²) >= 11 is 0. The summed E-state index contributed by atoms with van der Waals surface area (Å²) in [6.45, 7) is 5.76. The largest absolute Gasteiger partial charge is 0.481 e. The number of aliphatic carboxylic acids is 1. The maximum Gasteiger partial charge on any atom is 0.317 e. The summed E-state index contributed by atoms with van der Waals surface area (Å²) in [4.78, 5) is 38.5. The van der Waals surface area contributed by atoms with Crippen LogP contribution in [0.15, 0.2) is 24.3 Å². The van der Waals surface area contributed by atoms with Gasteiger partial charge in [0.15, 0.2) is 6.10 Å². The SMILES string of the molecule is Cc1ccccc1OC(C)C(=O)N1CCN(C(=O)NCCCC(=O)O)CC1. The number of nitrogens with zero attached hydrogens (tertiary/aromatic N) is 2. The molecule has 0 aliphatic carbocycles. The highest BCUT2D eigenvalue weighted by Gasteiger charge is 2.27. The Hall–Kier alpha value is -2.77. The zero-order valence-electron chi connectivity index (χ0n) is 15.8. The molecule has 1 unspecified atom stereocenters. The van der Waals surface area contributed by atoms with E-state index in [-0.39, 0.29) is 18.4 Å². The molecule has 2 rings (SSSR count). The van der Waals surface area contributed by atoms with Gasteiger partial charge in [-0.3, -0.25) is 9.59 Å². The van der Waals surface area contributed by atoms with Gasteiger partial charge in [-0.2, -0.15) is 0 Å². The van der Waals surface area contributed by atoms with Crippen LogP contribution in [0.2, 0.25) is 0 Å². The van der Waals surface area contributed by atoms with Crippen molar-refractivity contribution >= 4 is 17.9 Å². The van der Waals surface area contributed by atoms with Crippen molar-refractivity contribution in [2.75, 3.05) is 32.7 Å². The van der Waals surface area contributed by atoms with Gasteiger partial charge >= 0.3 is 12.0 Å². The average Bonchev–Trinajstić information content (AvgIpc) is 2.66. The standard InChI is InChI=1S/C19H27N3O5/c1-14-6-3-4-7-16(14)27-15(2)18(25)21-10-12-22(13-11-21)19(26)20-9-5-8-17(23)24/h3-4,6-7,15H,5,8-13H2,1-2H3,(H,20,26)(H,23,24). The Morgan fingerprint density at radius 2 is 1.78 bits per heavy atom. The minimum absolute atomic E-state index is 0.0291. The van der Waals surface area contributed by atoms with Crippen LogP contribution >= 0.6 is 0 Å². The molecule has 0 radical (unpaired) electrons. The van der Waals surface area contributed by atoms with E-state index in [2.05, 4.69) is 5.32 Å². The van der Waals surface area contributed by atoms with E-state index < -0.39 is 12.1 Å². The van der Waals surface area contributed by atoms with Gasteiger partial charge in [0, 0.05) is 39.1 Å². The van der Waals surface area contributed by atoms with Gasteiger partial charge in [0.05, 0.1) is 0 Å². The predicted octanol–water partition coefficient (Wildman–Crippen LogP) is 1.48. The Bertz CT molecular complexity index is 671. The molecule has 1 heterocycles. The van der Waals surface area contributed by atoms with Crippen LogP contribution < -0.4 is 10.1 Å². The van der Waals surface area contributed by atoms with Crippen molar-refractivity contribution in [1.29, 1.82) is 0 Å². The Labute approximate surface area is 159 Å². The summed E-state index contributed by atoms with van der Waals surface area (Å²) in [5.41, 5.74) is 0.974. The second-order valence-electron chi connectivity index (χ2n) is 6.57. The van der Waals surface area contributed by atoms with Gasteiger partial charge < -0.3 is 25.0 Å². The molecule has 1 aliphatic rings. The lowest BCUT2D eigenvalue weighted by Crippen LogP contribution is -2.55. The van der Waals surface area contributed by atoms with Crippen molar-refractivity contribution in [3.8, 4) is 5.75 Å². The minimum Gasteiger partial charge on any atom is -0.481 e. The number of hydrogen-bond donors (Lipinski definition) is 2. The van der Waals surface area contributed by atoms with Crippen LogP contribution in [0.25, 0.3) is 0 Å². The second-order valence-corrected chi connectivity index (χ2v) is 6.57.